The van der Waals surface area contributed by atoms with E-state index in [1.54, 1.807) is 12.1 Å². The second-order valence-electron chi connectivity index (χ2n) is 11.8. The number of aromatic nitrogens is 1. The second-order valence-corrected chi connectivity index (χ2v) is 11.8. The number of ether oxygens (including phenoxy) is 2. The minimum absolute atomic E-state index is 0.391. The average Bonchev–Trinajstić information content (AvgIpc) is 3.69. The van der Waals surface area contributed by atoms with Crippen LogP contribution in [0.2, 0.25) is 0 Å². The van der Waals surface area contributed by atoms with Gasteiger partial charge in [-0.25, -0.2) is 9.78 Å². The summed E-state index contributed by atoms with van der Waals surface area (Å²) in [5.74, 6) is -0.391. The van der Waals surface area contributed by atoms with Gasteiger partial charge in [0.25, 0.3) is 5.91 Å². The number of anilines is 1. The molecule has 4 aromatic rings. The Morgan fingerprint density at radius 1 is 0.909 bits per heavy atom. The summed E-state index contributed by atoms with van der Waals surface area (Å²) >= 11 is 0. The summed E-state index contributed by atoms with van der Waals surface area (Å²) in [6.07, 6.45) is 2.64. The Morgan fingerprint density at radius 2 is 1.61 bits per heavy atom. The van der Waals surface area contributed by atoms with Crippen LogP contribution in [0.4, 0.5) is 10.5 Å². The smallest absolute Gasteiger partial charge is 0.433 e. The Morgan fingerprint density at radius 3 is 2.32 bits per heavy atom. The number of para-hydroxylation sites is 2. The zero-order valence-corrected chi connectivity index (χ0v) is 24.9. The van der Waals surface area contributed by atoms with Gasteiger partial charge in [0.05, 0.1) is 29.6 Å². The molecule has 9 nitrogen and oxygen atoms in total. The lowest BCUT2D eigenvalue weighted by molar-refractivity contribution is 0.00973. The summed E-state index contributed by atoms with van der Waals surface area (Å²) in [5.41, 5.74) is 7.20. The standard InChI is InChI=1S/C35H37N5O4/c1-43-35(42)40(26-12-6-3-7-13-26)37-34(41)32-29-14-8-9-15-31(29)36-33(24-10-4-2-5-11-24)30(32)23-38-21-28-20-27(38)22-39(28)25-16-18-44-19-17-25/h2-15,25,27-28H,16-23H2,1H3,(H,37,41)/t27-,28-/m0/s1. The number of likely N-dealkylation sites (tertiary alicyclic amines) is 2. The fourth-order valence-electron chi connectivity index (χ4n) is 7.18. The van der Waals surface area contributed by atoms with Crippen LogP contribution in [0, 0.1) is 0 Å². The maximum absolute atomic E-state index is 14.4. The van der Waals surface area contributed by atoms with E-state index in [-0.39, 0.29) is 0 Å². The van der Waals surface area contributed by atoms with E-state index in [0.29, 0.717) is 35.9 Å². The number of nitrogens with zero attached hydrogens (tertiary/aromatic N) is 4. The van der Waals surface area contributed by atoms with E-state index >= 15 is 0 Å². The summed E-state index contributed by atoms with van der Waals surface area (Å²) in [7, 11) is 1.30. The van der Waals surface area contributed by atoms with Crippen molar-refractivity contribution in [1.29, 1.82) is 0 Å². The number of nitrogens with one attached hydrogen (secondary N) is 1. The lowest BCUT2D eigenvalue weighted by Gasteiger charge is -2.40. The number of pyridine rings is 1. The topological polar surface area (TPSA) is 87.2 Å². The summed E-state index contributed by atoms with van der Waals surface area (Å²) < 4.78 is 10.7. The first-order valence-electron chi connectivity index (χ1n) is 15.4. The van der Waals surface area contributed by atoms with Crippen molar-refractivity contribution in [3.8, 4) is 11.3 Å². The highest BCUT2D eigenvalue weighted by atomic mass is 16.5. The predicted octanol–water partition coefficient (Wildman–Crippen LogP) is 5.26. The number of hydrogen-bond acceptors (Lipinski definition) is 7. The fourth-order valence-corrected chi connectivity index (χ4v) is 7.18. The molecule has 1 aromatic heterocycles. The van der Waals surface area contributed by atoms with E-state index in [0.717, 1.165) is 78.3 Å². The van der Waals surface area contributed by atoms with Crippen LogP contribution in [0.25, 0.3) is 22.2 Å². The van der Waals surface area contributed by atoms with Gasteiger partial charge in [0.15, 0.2) is 0 Å². The fraction of sp³-hybridized carbons (Fsp3) is 0.343. The zero-order chi connectivity index (χ0) is 30.0. The van der Waals surface area contributed by atoms with Crippen molar-refractivity contribution in [2.75, 3.05) is 38.4 Å². The molecule has 0 saturated carbocycles. The van der Waals surface area contributed by atoms with Gasteiger partial charge in [0, 0.05) is 67.5 Å². The Kier molecular flexibility index (Phi) is 7.99. The minimum atomic E-state index is -0.683. The van der Waals surface area contributed by atoms with Crippen molar-refractivity contribution in [1.82, 2.24) is 20.2 Å². The Balaban J connectivity index is 1.28. The summed E-state index contributed by atoms with van der Waals surface area (Å²) in [4.78, 5) is 37.7. The molecule has 3 aromatic carbocycles. The number of fused-ring (bicyclic) bond motifs is 3. The molecule has 3 fully saturated rings. The molecule has 2 amide bonds. The van der Waals surface area contributed by atoms with Gasteiger partial charge < -0.3 is 9.47 Å². The largest absolute Gasteiger partial charge is 0.451 e. The van der Waals surface area contributed by atoms with Gasteiger partial charge in [0.2, 0.25) is 0 Å². The Labute approximate surface area is 257 Å². The van der Waals surface area contributed by atoms with Crippen LogP contribution in [0.5, 0.6) is 0 Å². The molecule has 3 aliphatic rings. The quantitative estimate of drug-likeness (QED) is 0.306. The van der Waals surface area contributed by atoms with Gasteiger partial charge in [-0.05, 0) is 37.5 Å². The van der Waals surface area contributed by atoms with Gasteiger partial charge in [-0.1, -0.05) is 66.7 Å². The third-order valence-electron chi connectivity index (χ3n) is 9.27. The molecule has 44 heavy (non-hydrogen) atoms. The van der Waals surface area contributed by atoms with Crippen molar-refractivity contribution < 1.29 is 19.1 Å². The molecule has 0 spiro atoms. The number of hydrazine groups is 1. The van der Waals surface area contributed by atoms with Crippen LogP contribution >= 0.6 is 0 Å². The highest BCUT2D eigenvalue weighted by molar-refractivity contribution is 6.10. The molecule has 4 heterocycles. The molecule has 2 atom stereocenters. The Hall–Kier alpha value is -4.31. The number of hydrogen-bond donors (Lipinski definition) is 1. The van der Waals surface area contributed by atoms with Gasteiger partial charge >= 0.3 is 6.09 Å². The summed E-state index contributed by atoms with van der Waals surface area (Å²) in [5, 5.41) is 1.90. The number of methoxy groups -OCH3 is 1. The lowest BCUT2D eigenvalue weighted by Crippen LogP contribution is -2.51. The normalized spacial score (nSPS) is 20.6. The van der Waals surface area contributed by atoms with Crippen molar-refractivity contribution >= 4 is 28.6 Å². The van der Waals surface area contributed by atoms with Gasteiger partial charge in [-0.2, -0.15) is 5.01 Å². The van der Waals surface area contributed by atoms with Crippen LogP contribution < -0.4 is 10.4 Å². The molecule has 2 bridgehead atoms. The van der Waals surface area contributed by atoms with Gasteiger partial charge in [-0.3, -0.25) is 20.0 Å². The van der Waals surface area contributed by atoms with E-state index in [1.165, 1.54) is 7.11 Å². The molecular weight excluding hydrogens is 554 g/mol. The van der Waals surface area contributed by atoms with E-state index in [9.17, 15) is 9.59 Å². The first-order chi connectivity index (χ1) is 21.6. The van der Waals surface area contributed by atoms with Crippen LogP contribution in [0.1, 0.15) is 35.2 Å². The number of carbonyl (C=O) groups excluding carboxylic acids is 2. The maximum atomic E-state index is 14.4. The lowest BCUT2D eigenvalue weighted by atomic mass is 9.95. The summed E-state index contributed by atoms with van der Waals surface area (Å²) in [6, 6.07) is 28.2. The monoisotopic (exact) mass is 591 g/mol. The van der Waals surface area contributed by atoms with Crippen LogP contribution in [-0.2, 0) is 16.0 Å². The molecule has 226 valence electrons. The van der Waals surface area contributed by atoms with Crippen LogP contribution in [-0.4, -0.2) is 78.3 Å². The molecule has 7 rings (SSSR count). The zero-order valence-electron chi connectivity index (χ0n) is 24.9. The van der Waals surface area contributed by atoms with Crippen molar-refractivity contribution in [2.45, 2.75) is 43.9 Å². The molecular formula is C35H37N5O4. The maximum Gasteiger partial charge on any atom is 0.433 e. The van der Waals surface area contributed by atoms with Crippen molar-refractivity contribution in [2.24, 2.45) is 0 Å². The van der Waals surface area contributed by atoms with E-state index in [2.05, 4.69) is 15.2 Å². The number of piperazine rings is 1. The predicted molar refractivity (Wildman–Crippen MR) is 169 cm³/mol. The molecule has 0 aliphatic carbocycles. The number of amides is 2. The first kappa shape index (κ1) is 28.5. The van der Waals surface area contributed by atoms with Crippen LogP contribution in [0.15, 0.2) is 84.9 Å². The SMILES string of the molecule is COC(=O)N(NC(=O)c1c(CN2C[C@@H]3C[C@H]2CN3C2CCOCC2)c(-c2ccccc2)nc2ccccc12)c1ccccc1. The first-order valence-corrected chi connectivity index (χ1v) is 15.4. The van der Waals surface area contributed by atoms with Crippen molar-refractivity contribution in [3.63, 3.8) is 0 Å². The third-order valence-corrected chi connectivity index (χ3v) is 9.27. The van der Waals surface area contributed by atoms with E-state index in [1.807, 2.05) is 72.8 Å². The molecule has 0 unspecified atom stereocenters. The number of rotatable bonds is 6. The average molecular weight is 592 g/mol. The highest BCUT2D eigenvalue weighted by Crippen LogP contribution is 2.38. The Bertz CT molecular complexity index is 1640. The minimum Gasteiger partial charge on any atom is -0.451 e. The van der Waals surface area contributed by atoms with Gasteiger partial charge in [-0.15, -0.1) is 0 Å². The van der Waals surface area contributed by atoms with Crippen molar-refractivity contribution in [3.05, 3.63) is 96.1 Å². The van der Waals surface area contributed by atoms with Crippen LogP contribution in [0.3, 0.4) is 0 Å². The second kappa shape index (κ2) is 12.4. The summed E-state index contributed by atoms with van der Waals surface area (Å²) in [6.45, 7) is 4.24. The number of carbonyl (C=O) groups is 2. The molecule has 3 saturated heterocycles. The van der Waals surface area contributed by atoms with Gasteiger partial charge in [0.1, 0.15) is 0 Å². The number of benzene rings is 3. The van der Waals surface area contributed by atoms with E-state index < -0.39 is 12.0 Å². The van der Waals surface area contributed by atoms with E-state index in [4.69, 9.17) is 14.5 Å². The molecule has 1 N–H and O–H groups in total. The molecule has 0 radical (unpaired) electrons. The highest BCUT2D eigenvalue weighted by Gasteiger charge is 2.46. The molecule has 9 heteroatoms. The third kappa shape index (κ3) is 5.43. The molecule has 3 aliphatic heterocycles.